The Morgan fingerprint density at radius 1 is 0.839 bits per heavy atom. The van der Waals surface area contributed by atoms with Gasteiger partial charge in [-0.3, -0.25) is 4.90 Å². The van der Waals surface area contributed by atoms with Gasteiger partial charge in [-0.05, 0) is 29.3 Å². The van der Waals surface area contributed by atoms with Gasteiger partial charge in [-0.25, -0.2) is 9.59 Å². The summed E-state index contributed by atoms with van der Waals surface area (Å²) in [5.41, 5.74) is 2.63. The predicted octanol–water partition coefficient (Wildman–Crippen LogP) is 4.35. The molecule has 160 valence electrons. The molecule has 1 heterocycles. The molecule has 1 aliphatic rings. The topological polar surface area (TPSA) is 87.1 Å². The number of likely N-dealkylation sites (tertiary alicyclic amines) is 1. The number of carboxylic acid groups (broad SMARTS) is 2. The summed E-state index contributed by atoms with van der Waals surface area (Å²) in [4.78, 5) is 20.7. The van der Waals surface area contributed by atoms with Gasteiger partial charge in [0, 0.05) is 18.1 Å². The molecule has 0 aromatic heterocycles. The highest BCUT2D eigenvalue weighted by Crippen LogP contribution is 2.33. The molecule has 6 nitrogen and oxygen atoms in total. The summed E-state index contributed by atoms with van der Waals surface area (Å²) in [5, 5.41) is 15.5. The van der Waals surface area contributed by atoms with E-state index in [1.54, 1.807) is 0 Å². The SMILES string of the molecule is Clc1cccc(OC2CN(C(c3ccccc3)c3ccccc3)C2)c1.O=C(O)C(=O)O. The van der Waals surface area contributed by atoms with Crippen LogP contribution in [0.1, 0.15) is 17.2 Å². The lowest BCUT2D eigenvalue weighted by atomic mass is 9.94. The molecular weight excluding hydrogens is 418 g/mol. The Morgan fingerprint density at radius 3 is 1.81 bits per heavy atom. The molecule has 1 aliphatic heterocycles. The van der Waals surface area contributed by atoms with E-state index in [1.165, 1.54) is 11.1 Å². The second-order valence-electron chi connectivity index (χ2n) is 6.99. The molecule has 0 spiro atoms. The van der Waals surface area contributed by atoms with Crippen LogP contribution in [-0.2, 0) is 9.59 Å². The number of nitrogens with zero attached hydrogens (tertiary/aromatic N) is 1. The maximum absolute atomic E-state index is 9.10. The van der Waals surface area contributed by atoms with E-state index in [2.05, 4.69) is 65.6 Å². The number of halogens is 1. The number of benzene rings is 3. The fourth-order valence-electron chi connectivity index (χ4n) is 3.37. The third-order valence-electron chi connectivity index (χ3n) is 4.75. The zero-order valence-corrected chi connectivity index (χ0v) is 17.4. The minimum Gasteiger partial charge on any atom is -0.488 e. The highest BCUT2D eigenvalue weighted by atomic mass is 35.5. The van der Waals surface area contributed by atoms with Crippen LogP contribution in [0.25, 0.3) is 0 Å². The summed E-state index contributed by atoms with van der Waals surface area (Å²) in [7, 11) is 0. The number of rotatable bonds is 5. The fraction of sp³-hybridized carbons (Fsp3) is 0.167. The fourth-order valence-corrected chi connectivity index (χ4v) is 3.55. The normalized spacial score (nSPS) is 13.6. The monoisotopic (exact) mass is 439 g/mol. The van der Waals surface area contributed by atoms with Crippen molar-refractivity contribution in [1.82, 2.24) is 4.90 Å². The summed E-state index contributed by atoms with van der Waals surface area (Å²) in [6.07, 6.45) is 0.202. The van der Waals surface area contributed by atoms with E-state index in [9.17, 15) is 0 Å². The first kappa shape index (κ1) is 22.3. The molecule has 0 radical (unpaired) electrons. The van der Waals surface area contributed by atoms with Crippen molar-refractivity contribution >= 4 is 23.5 Å². The van der Waals surface area contributed by atoms with Crippen LogP contribution in [0.5, 0.6) is 5.75 Å². The van der Waals surface area contributed by atoms with Gasteiger partial charge in [0.1, 0.15) is 11.9 Å². The number of carbonyl (C=O) groups is 2. The Kier molecular flexibility index (Phi) is 7.65. The van der Waals surface area contributed by atoms with Crippen LogP contribution in [0.15, 0.2) is 84.9 Å². The third kappa shape index (κ3) is 6.31. The molecule has 1 fully saturated rings. The molecule has 3 aromatic carbocycles. The van der Waals surface area contributed by atoms with Gasteiger partial charge < -0.3 is 14.9 Å². The highest BCUT2D eigenvalue weighted by Gasteiger charge is 2.35. The molecule has 2 N–H and O–H groups in total. The number of hydrogen-bond acceptors (Lipinski definition) is 4. The second kappa shape index (κ2) is 10.6. The summed E-state index contributed by atoms with van der Waals surface area (Å²) in [6, 6.07) is 29.2. The smallest absolute Gasteiger partial charge is 0.414 e. The van der Waals surface area contributed by atoms with Crippen molar-refractivity contribution in [3.8, 4) is 5.75 Å². The van der Waals surface area contributed by atoms with Gasteiger partial charge in [0.05, 0.1) is 6.04 Å². The molecular formula is C24H22ClNO5. The Balaban J connectivity index is 0.000000401. The van der Waals surface area contributed by atoms with E-state index in [-0.39, 0.29) is 12.1 Å². The van der Waals surface area contributed by atoms with Crippen molar-refractivity contribution < 1.29 is 24.5 Å². The molecule has 0 saturated carbocycles. The lowest BCUT2D eigenvalue weighted by Crippen LogP contribution is -2.55. The maximum atomic E-state index is 9.10. The first-order chi connectivity index (χ1) is 14.9. The standard InChI is InChI=1S/C22H20ClNO.C2H2O4/c23-19-12-7-13-20(14-19)25-21-15-24(16-21)22(17-8-3-1-4-9-17)18-10-5-2-6-11-18;3-1(4)2(5)6/h1-14,21-22H,15-16H2;(H,3,4)(H,5,6). The first-order valence-corrected chi connectivity index (χ1v) is 10.0. The molecule has 0 bridgehead atoms. The zero-order valence-electron chi connectivity index (χ0n) is 16.6. The van der Waals surface area contributed by atoms with E-state index in [4.69, 9.17) is 36.1 Å². The van der Waals surface area contributed by atoms with Crippen LogP contribution in [0.3, 0.4) is 0 Å². The lowest BCUT2D eigenvalue weighted by molar-refractivity contribution is -0.159. The Bertz CT molecular complexity index is 955. The highest BCUT2D eigenvalue weighted by molar-refractivity contribution is 6.30. The Hall–Kier alpha value is -3.35. The van der Waals surface area contributed by atoms with Crippen molar-refractivity contribution in [3.63, 3.8) is 0 Å². The van der Waals surface area contributed by atoms with Crippen LogP contribution in [0, 0.1) is 0 Å². The van der Waals surface area contributed by atoms with E-state index >= 15 is 0 Å². The molecule has 0 atom stereocenters. The van der Waals surface area contributed by atoms with Gasteiger partial charge in [0.15, 0.2) is 0 Å². The second-order valence-corrected chi connectivity index (χ2v) is 7.42. The molecule has 31 heavy (non-hydrogen) atoms. The quantitative estimate of drug-likeness (QED) is 0.575. The zero-order chi connectivity index (χ0) is 22.2. The molecule has 1 saturated heterocycles. The van der Waals surface area contributed by atoms with E-state index in [1.807, 2.05) is 24.3 Å². The molecule has 0 aliphatic carbocycles. The van der Waals surface area contributed by atoms with Gasteiger partial charge in [0.25, 0.3) is 0 Å². The number of ether oxygens (including phenoxy) is 1. The number of carboxylic acids is 2. The number of aliphatic carboxylic acids is 2. The van der Waals surface area contributed by atoms with Crippen LogP contribution in [0.2, 0.25) is 5.02 Å². The minimum atomic E-state index is -1.82. The van der Waals surface area contributed by atoms with Crippen molar-refractivity contribution in [2.24, 2.45) is 0 Å². The van der Waals surface area contributed by atoms with E-state index in [0.717, 1.165) is 18.8 Å². The van der Waals surface area contributed by atoms with Crippen LogP contribution in [-0.4, -0.2) is 46.2 Å². The average Bonchev–Trinajstić information content (AvgIpc) is 2.74. The lowest BCUT2D eigenvalue weighted by Gasteiger charge is -2.44. The van der Waals surface area contributed by atoms with Gasteiger partial charge >= 0.3 is 11.9 Å². The van der Waals surface area contributed by atoms with Crippen LogP contribution < -0.4 is 4.74 Å². The summed E-state index contributed by atoms with van der Waals surface area (Å²) in [6.45, 7) is 1.81. The van der Waals surface area contributed by atoms with E-state index < -0.39 is 11.9 Å². The Morgan fingerprint density at radius 2 is 1.35 bits per heavy atom. The van der Waals surface area contributed by atoms with Crippen molar-refractivity contribution in [1.29, 1.82) is 0 Å². The van der Waals surface area contributed by atoms with Crippen LogP contribution >= 0.6 is 11.6 Å². The molecule has 4 rings (SSSR count). The van der Waals surface area contributed by atoms with E-state index in [0.29, 0.717) is 5.02 Å². The summed E-state index contributed by atoms with van der Waals surface area (Å²) >= 11 is 6.04. The minimum absolute atomic E-state index is 0.202. The average molecular weight is 440 g/mol. The molecule has 3 aromatic rings. The van der Waals surface area contributed by atoms with Crippen molar-refractivity contribution in [2.75, 3.05) is 13.1 Å². The third-order valence-corrected chi connectivity index (χ3v) is 4.99. The Labute approximate surface area is 185 Å². The summed E-state index contributed by atoms with van der Waals surface area (Å²) in [5.74, 6) is -2.81. The maximum Gasteiger partial charge on any atom is 0.414 e. The predicted molar refractivity (Wildman–Crippen MR) is 117 cm³/mol. The molecule has 0 unspecified atom stereocenters. The van der Waals surface area contributed by atoms with Crippen LogP contribution in [0.4, 0.5) is 0 Å². The van der Waals surface area contributed by atoms with Crippen molar-refractivity contribution in [3.05, 3.63) is 101 Å². The number of hydrogen-bond donors (Lipinski definition) is 2. The van der Waals surface area contributed by atoms with Gasteiger partial charge in [0.2, 0.25) is 0 Å². The summed E-state index contributed by atoms with van der Waals surface area (Å²) < 4.78 is 6.06. The van der Waals surface area contributed by atoms with Gasteiger partial charge in [-0.15, -0.1) is 0 Å². The first-order valence-electron chi connectivity index (χ1n) is 9.66. The largest absolute Gasteiger partial charge is 0.488 e. The van der Waals surface area contributed by atoms with Crippen molar-refractivity contribution in [2.45, 2.75) is 12.1 Å². The van der Waals surface area contributed by atoms with Gasteiger partial charge in [-0.1, -0.05) is 78.3 Å². The molecule has 7 heteroatoms. The van der Waals surface area contributed by atoms with Gasteiger partial charge in [-0.2, -0.15) is 0 Å². The molecule has 0 amide bonds.